The molecule has 0 aliphatic carbocycles. The molecule has 1 aliphatic rings. The van der Waals surface area contributed by atoms with E-state index in [1.54, 1.807) is 0 Å². The molecule has 1 amide bonds. The Balaban J connectivity index is 1.88. The summed E-state index contributed by atoms with van der Waals surface area (Å²) in [5.41, 5.74) is 2.07. The molecular weight excluding hydrogens is 249 g/mol. The first-order valence-electron chi connectivity index (χ1n) is 6.34. The Kier molecular flexibility index (Phi) is 4.64. The molecule has 0 radical (unpaired) electrons. The van der Waals surface area contributed by atoms with Gasteiger partial charge in [-0.3, -0.25) is 4.79 Å². The van der Waals surface area contributed by atoms with E-state index in [1.165, 1.54) is 25.1 Å². The SMILES string of the molecule is NNc1nccc(C(=O)NCCN2CCCC2)c1F. The second kappa shape index (κ2) is 6.44. The maximum absolute atomic E-state index is 13.8. The molecule has 6 nitrogen and oxygen atoms in total. The third-order valence-corrected chi connectivity index (χ3v) is 3.18. The molecule has 2 rings (SSSR count). The molecule has 1 saturated heterocycles. The number of halogens is 1. The number of likely N-dealkylation sites (tertiary alicyclic amines) is 1. The lowest BCUT2D eigenvalue weighted by molar-refractivity contribution is 0.0945. The predicted molar refractivity (Wildman–Crippen MR) is 70.0 cm³/mol. The van der Waals surface area contributed by atoms with Crippen molar-refractivity contribution in [3.05, 3.63) is 23.6 Å². The molecular formula is C12H18FN5O. The minimum Gasteiger partial charge on any atom is -0.351 e. The Morgan fingerprint density at radius 2 is 2.21 bits per heavy atom. The lowest BCUT2D eigenvalue weighted by Crippen LogP contribution is -2.34. The number of pyridine rings is 1. The Morgan fingerprint density at radius 3 is 2.89 bits per heavy atom. The van der Waals surface area contributed by atoms with E-state index in [4.69, 9.17) is 5.84 Å². The highest BCUT2D eigenvalue weighted by Crippen LogP contribution is 2.13. The Morgan fingerprint density at radius 1 is 1.47 bits per heavy atom. The van der Waals surface area contributed by atoms with Crippen LogP contribution in [-0.4, -0.2) is 42.0 Å². The topological polar surface area (TPSA) is 83.3 Å². The number of nitrogens with zero attached hydrogens (tertiary/aromatic N) is 2. The monoisotopic (exact) mass is 267 g/mol. The zero-order valence-electron chi connectivity index (χ0n) is 10.7. The van der Waals surface area contributed by atoms with Gasteiger partial charge in [0.2, 0.25) is 0 Å². The van der Waals surface area contributed by atoms with Gasteiger partial charge in [-0.25, -0.2) is 15.2 Å². The van der Waals surface area contributed by atoms with Crippen LogP contribution >= 0.6 is 0 Å². The minimum atomic E-state index is -0.733. The van der Waals surface area contributed by atoms with Gasteiger partial charge < -0.3 is 15.6 Å². The van der Waals surface area contributed by atoms with Gasteiger partial charge in [-0.1, -0.05) is 0 Å². The van der Waals surface area contributed by atoms with E-state index < -0.39 is 11.7 Å². The van der Waals surface area contributed by atoms with Gasteiger partial charge in [0.05, 0.1) is 5.56 Å². The van der Waals surface area contributed by atoms with Crippen molar-refractivity contribution >= 4 is 11.7 Å². The molecule has 1 aromatic rings. The van der Waals surface area contributed by atoms with Crippen molar-refractivity contribution in [1.29, 1.82) is 0 Å². The van der Waals surface area contributed by atoms with Crippen LogP contribution in [-0.2, 0) is 0 Å². The lowest BCUT2D eigenvalue weighted by Gasteiger charge is -2.15. The van der Waals surface area contributed by atoms with Crippen molar-refractivity contribution in [3.63, 3.8) is 0 Å². The fraction of sp³-hybridized carbons (Fsp3) is 0.500. The summed E-state index contributed by atoms with van der Waals surface area (Å²) in [6.07, 6.45) is 3.75. The number of nitrogens with one attached hydrogen (secondary N) is 2. The van der Waals surface area contributed by atoms with Crippen molar-refractivity contribution in [2.45, 2.75) is 12.8 Å². The number of rotatable bonds is 5. The molecule has 104 valence electrons. The average molecular weight is 267 g/mol. The van der Waals surface area contributed by atoms with Crippen LogP contribution in [0.2, 0.25) is 0 Å². The van der Waals surface area contributed by atoms with Crippen LogP contribution in [0.3, 0.4) is 0 Å². The van der Waals surface area contributed by atoms with Gasteiger partial charge in [-0.15, -0.1) is 0 Å². The molecule has 0 aromatic carbocycles. The highest BCUT2D eigenvalue weighted by molar-refractivity contribution is 5.95. The summed E-state index contributed by atoms with van der Waals surface area (Å²) in [7, 11) is 0. The van der Waals surface area contributed by atoms with Crippen LogP contribution in [0.15, 0.2) is 12.3 Å². The standard InChI is InChI=1S/C12H18FN5O/c13-10-9(3-4-15-11(10)17-14)12(19)16-5-8-18-6-1-2-7-18/h3-4H,1-2,5-8,14H2,(H,15,17)(H,16,19). The second-order valence-corrected chi connectivity index (χ2v) is 4.47. The minimum absolute atomic E-state index is 0.0515. The Bertz CT molecular complexity index is 448. The molecule has 1 aromatic heterocycles. The maximum Gasteiger partial charge on any atom is 0.254 e. The van der Waals surface area contributed by atoms with Crippen molar-refractivity contribution in [3.8, 4) is 0 Å². The third kappa shape index (κ3) is 3.39. The van der Waals surface area contributed by atoms with E-state index in [1.807, 2.05) is 0 Å². The zero-order valence-corrected chi connectivity index (χ0v) is 10.7. The van der Waals surface area contributed by atoms with E-state index >= 15 is 0 Å². The summed E-state index contributed by atoms with van der Waals surface area (Å²) in [5, 5.41) is 2.70. The summed E-state index contributed by atoms with van der Waals surface area (Å²) in [4.78, 5) is 17.8. The Hall–Kier alpha value is -1.73. The Labute approximate surface area is 111 Å². The first-order chi connectivity index (χ1) is 9.22. The highest BCUT2D eigenvalue weighted by atomic mass is 19.1. The number of aromatic nitrogens is 1. The molecule has 1 fully saturated rings. The van der Waals surface area contributed by atoms with Gasteiger partial charge >= 0.3 is 0 Å². The van der Waals surface area contributed by atoms with Crippen molar-refractivity contribution < 1.29 is 9.18 Å². The molecule has 0 saturated carbocycles. The van der Waals surface area contributed by atoms with Crippen LogP contribution in [0.4, 0.5) is 10.2 Å². The van der Waals surface area contributed by atoms with E-state index in [0.29, 0.717) is 6.54 Å². The highest BCUT2D eigenvalue weighted by Gasteiger charge is 2.16. The summed E-state index contributed by atoms with van der Waals surface area (Å²) in [6, 6.07) is 1.33. The van der Waals surface area contributed by atoms with Crippen molar-refractivity contribution in [1.82, 2.24) is 15.2 Å². The van der Waals surface area contributed by atoms with Crippen LogP contribution in [0.1, 0.15) is 23.2 Å². The summed E-state index contributed by atoms with van der Waals surface area (Å²) >= 11 is 0. The number of hydrogen-bond acceptors (Lipinski definition) is 5. The molecule has 0 unspecified atom stereocenters. The molecule has 19 heavy (non-hydrogen) atoms. The molecule has 0 bridgehead atoms. The normalized spacial score (nSPS) is 15.5. The van der Waals surface area contributed by atoms with Crippen LogP contribution < -0.4 is 16.6 Å². The van der Waals surface area contributed by atoms with Gasteiger partial charge in [0, 0.05) is 19.3 Å². The first kappa shape index (κ1) is 13.7. The van der Waals surface area contributed by atoms with Crippen LogP contribution in [0.5, 0.6) is 0 Å². The first-order valence-corrected chi connectivity index (χ1v) is 6.34. The van der Waals surface area contributed by atoms with Crippen LogP contribution in [0.25, 0.3) is 0 Å². The van der Waals surface area contributed by atoms with Crippen molar-refractivity contribution in [2.75, 3.05) is 31.6 Å². The molecule has 0 atom stereocenters. The van der Waals surface area contributed by atoms with Gasteiger partial charge in [0.25, 0.3) is 5.91 Å². The summed E-state index contributed by atoms with van der Waals surface area (Å²) in [5.74, 6) is 3.80. The fourth-order valence-electron chi connectivity index (χ4n) is 2.15. The molecule has 2 heterocycles. The predicted octanol–water partition coefficient (Wildman–Crippen LogP) is 0.332. The number of anilines is 1. The smallest absolute Gasteiger partial charge is 0.254 e. The summed E-state index contributed by atoms with van der Waals surface area (Å²) in [6.45, 7) is 3.44. The van der Waals surface area contributed by atoms with E-state index in [-0.39, 0.29) is 11.4 Å². The fourth-order valence-corrected chi connectivity index (χ4v) is 2.15. The number of hydrazine groups is 1. The second-order valence-electron chi connectivity index (χ2n) is 4.47. The number of carbonyl (C=O) groups is 1. The zero-order chi connectivity index (χ0) is 13.7. The number of amides is 1. The molecule has 4 N–H and O–H groups in total. The molecule has 7 heteroatoms. The number of hydrogen-bond donors (Lipinski definition) is 3. The number of carbonyl (C=O) groups excluding carboxylic acids is 1. The van der Waals surface area contributed by atoms with E-state index in [0.717, 1.165) is 19.6 Å². The van der Waals surface area contributed by atoms with Crippen molar-refractivity contribution in [2.24, 2.45) is 5.84 Å². The largest absolute Gasteiger partial charge is 0.351 e. The quantitative estimate of drug-likeness (QED) is 0.529. The summed E-state index contributed by atoms with van der Waals surface area (Å²) < 4.78 is 13.8. The third-order valence-electron chi connectivity index (χ3n) is 3.18. The van der Waals surface area contributed by atoms with E-state index in [9.17, 15) is 9.18 Å². The van der Waals surface area contributed by atoms with Gasteiger partial charge in [-0.2, -0.15) is 0 Å². The van der Waals surface area contributed by atoms with Gasteiger partial charge in [0.1, 0.15) is 0 Å². The molecule has 1 aliphatic heterocycles. The van der Waals surface area contributed by atoms with Crippen LogP contribution in [0, 0.1) is 5.82 Å². The lowest BCUT2D eigenvalue weighted by atomic mass is 10.2. The average Bonchev–Trinajstić information content (AvgIpc) is 2.92. The van der Waals surface area contributed by atoms with Gasteiger partial charge in [-0.05, 0) is 32.0 Å². The van der Waals surface area contributed by atoms with Gasteiger partial charge in [0.15, 0.2) is 11.6 Å². The number of nitrogen functional groups attached to an aromatic ring is 1. The van der Waals surface area contributed by atoms with E-state index in [2.05, 4.69) is 20.6 Å². The number of nitrogens with two attached hydrogens (primary N) is 1. The maximum atomic E-state index is 13.8. The molecule has 0 spiro atoms.